The first-order valence-corrected chi connectivity index (χ1v) is 9.99. The van der Waals surface area contributed by atoms with Gasteiger partial charge in [0.1, 0.15) is 15.7 Å². The molecule has 1 heterocycles. The zero-order valence-electron chi connectivity index (χ0n) is 16.5. The number of benzene rings is 2. The maximum Gasteiger partial charge on any atom is 0.263 e. The summed E-state index contributed by atoms with van der Waals surface area (Å²) >= 11 is 1.21. The summed E-state index contributed by atoms with van der Waals surface area (Å²) in [5, 5.41) is 6.29. The fourth-order valence-corrected chi connectivity index (χ4v) is 3.79. The van der Waals surface area contributed by atoms with E-state index in [1.54, 1.807) is 19.1 Å². The number of nitrogens with zero attached hydrogens (tertiary/aromatic N) is 1. The van der Waals surface area contributed by atoms with Crippen molar-refractivity contribution in [1.82, 2.24) is 10.3 Å². The van der Waals surface area contributed by atoms with Crippen molar-refractivity contribution in [2.45, 2.75) is 33.7 Å². The molecule has 1 aromatic heterocycles. The lowest BCUT2D eigenvalue weighted by molar-refractivity contribution is -0.115. The van der Waals surface area contributed by atoms with E-state index in [1.807, 2.05) is 32.0 Å². The second-order valence-electron chi connectivity index (χ2n) is 6.87. The van der Waals surface area contributed by atoms with Crippen LogP contribution in [0.2, 0.25) is 0 Å². The number of carbonyl (C=O) groups is 2. The first-order chi connectivity index (χ1) is 13.8. The highest BCUT2D eigenvalue weighted by Crippen LogP contribution is 2.21. The van der Waals surface area contributed by atoms with E-state index >= 15 is 0 Å². The Kier molecular flexibility index (Phi) is 6.39. The highest BCUT2D eigenvalue weighted by molar-refractivity contribution is 7.13. The number of anilines is 1. The van der Waals surface area contributed by atoms with Gasteiger partial charge in [0.05, 0.1) is 12.1 Å². The summed E-state index contributed by atoms with van der Waals surface area (Å²) in [6.07, 6.45) is 0.101. The molecule has 0 saturated heterocycles. The lowest BCUT2D eigenvalue weighted by Gasteiger charge is -2.08. The van der Waals surface area contributed by atoms with Crippen LogP contribution in [0, 0.1) is 26.6 Å². The fraction of sp³-hybridized carbons (Fsp3) is 0.227. The minimum absolute atomic E-state index is 0.101. The normalized spacial score (nSPS) is 10.6. The van der Waals surface area contributed by atoms with E-state index in [0.717, 1.165) is 22.4 Å². The summed E-state index contributed by atoms with van der Waals surface area (Å²) in [4.78, 5) is 29.7. The van der Waals surface area contributed by atoms with Crippen LogP contribution in [0.5, 0.6) is 0 Å². The predicted molar refractivity (Wildman–Crippen MR) is 113 cm³/mol. The molecule has 150 valence electrons. The van der Waals surface area contributed by atoms with Gasteiger partial charge >= 0.3 is 0 Å². The molecule has 7 heteroatoms. The van der Waals surface area contributed by atoms with E-state index in [2.05, 4.69) is 15.6 Å². The van der Waals surface area contributed by atoms with Crippen molar-refractivity contribution in [1.29, 1.82) is 0 Å². The van der Waals surface area contributed by atoms with Crippen molar-refractivity contribution in [3.8, 4) is 0 Å². The summed E-state index contributed by atoms with van der Waals surface area (Å²) in [6.45, 7) is 5.94. The molecule has 3 rings (SSSR count). The van der Waals surface area contributed by atoms with Crippen molar-refractivity contribution in [3.63, 3.8) is 0 Å². The third-order valence-corrected chi connectivity index (χ3v) is 5.55. The molecular weight excluding hydrogens is 389 g/mol. The predicted octanol–water partition coefficient (Wildman–Crippen LogP) is 4.32. The van der Waals surface area contributed by atoms with Gasteiger partial charge in [-0.1, -0.05) is 24.3 Å². The SMILES string of the molecule is Cc1ccc(C)c(NC(=O)Cc2nc(C)c(C(=O)NCc3ccc(F)cc3)s2)c1. The Hall–Kier alpha value is -3.06. The molecule has 0 spiro atoms. The Morgan fingerprint density at radius 2 is 1.79 bits per heavy atom. The highest BCUT2D eigenvalue weighted by Gasteiger charge is 2.17. The molecule has 5 nitrogen and oxygen atoms in total. The smallest absolute Gasteiger partial charge is 0.263 e. The summed E-state index contributed by atoms with van der Waals surface area (Å²) in [5.74, 6) is -0.751. The van der Waals surface area contributed by atoms with Gasteiger partial charge < -0.3 is 10.6 Å². The molecule has 29 heavy (non-hydrogen) atoms. The van der Waals surface area contributed by atoms with Crippen LogP contribution in [0.15, 0.2) is 42.5 Å². The van der Waals surface area contributed by atoms with Gasteiger partial charge in [0.15, 0.2) is 0 Å². The molecule has 2 aromatic carbocycles. The third-order valence-electron chi connectivity index (χ3n) is 4.39. The first-order valence-electron chi connectivity index (χ1n) is 9.18. The van der Waals surface area contributed by atoms with Gasteiger partial charge in [-0.15, -0.1) is 11.3 Å². The first kappa shape index (κ1) is 20.7. The number of carbonyl (C=O) groups excluding carboxylic acids is 2. The van der Waals surface area contributed by atoms with Gasteiger partial charge in [-0.3, -0.25) is 9.59 Å². The summed E-state index contributed by atoms with van der Waals surface area (Å²) in [7, 11) is 0. The minimum atomic E-state index is -0.317. The quantitative estimate of drug-likeness (QED) is 0.635. The molecule has 0 saturated carbocycles. The van der Waals surface area contributed by atoms with Crippen molar-refractivity contribution >= 4 is 28.8 Å². The molecule has 3 aromatic rings. The van der Waals surface area contributed by atoms with Gasteiger partial charge in [-0.2, -0.15) is 0 Å². The fourth-order valence-electron chi connectivity index (χ4n) is 2.81. The molecule has 2 N–H and O–H groups in total. The number of thiazole rings is 1. The monoisotopic (exact) mass is 411 g/mol. The molecule has 2 amide bonds. The summed E-state index contributed by atoms with van der Waals surface area (Å²) < 4.78 is 13.0. The van der Waals surface area contributed by atoms with Crippen molar-refractivity contribution < 1.29 is 14.0 Å². The maximum absolute atomic E-state index is 13.0. The van der Waals surface area contributed by atoms with E-state index in [4.69, 9.17) is 0 Å². The Labute approximate surface area is 173 Å². The number of aromatic nitrogens is 1. The second-order valence-corrected chi connectivity index (χ2v) is 7.96. The average molecular weight is 412 g/mol. The zero-order chi connectivity index (χ0) is 21.0. The van der Waals surface area contributed by atoms with E-state index < -0.39 is 0 Å². The number of aryl methyl sites for hydroxylation is 3. The largest absolute Gasteiger partial charge is 0.347 e. The number of rotatable bonds is 6. The highest BCUT2D eigenvalue weighted by atomic mass is 32.1. The molecular formula is C22H22FN3O2S. The van der Waals surface area contributed by atoms with E-state index in [0.29, 0.717) is 22.1 Å². The summed E-state index contributed by atoms with van der Waals surface area (Å²) in [6, 6.07) is 11.8. The van der Waals surface area contributed by atoms with Gasteiger partial charge in [-0.05, 0) is 55.7 Å². The number of hydrogen-bond donors (Lipinski definition) is 2. The molecule has 0 atom stereocenters. The lowest BCUT2D eigenvalue weighted by atomic mass is 10.1. The van der Waals surface area contributed by atoms with Crippen molar-refractivity contribution in [2.24, 2.45) is 0 Å². The van der Waals surface area contributed by atoms with Gasteiger partial charge in [0.2, 0.25) is 5.91 Å². The van der Waals surface area contributed by atoms with Crippen LogP contribution in [0.3, 0.4) is 0 Å². The molecule has 0 aliphatic heterocycles. The molecule has 0 unspecified atom stereocenters. The standard InChI is InChI=1S/C22H22FN3O2S/c1-13-4-5-14(2)18(10-13)26-19(27)11-20-25-15(3)21(29-20)22(28)24-12-16-6-8-17(23)9-7-16/h4-10H,11-12H2,1-3H3,(H,24,28)(H,26,27). The number of halogens is 1. The molecule has 0 aliphatic carbocycles. The van der Waals surface area contributed by atoms with Crippen LogP contribution in [0.1, 0.15) is 37.1 Å². The molecule has 0 aliphatic rings. The second kappa shape index (κ2) is 8.96. The van der Waals surface area contributed by atoms with Crippen LogP contribution < -0.4 is 10.6 Å². The number of nitrogens with one attached hydrogen (secondary N) is 2. The number of hydrogen-bond acceptors (Lipinski definition) is 4. The Bertz CT molecular complexity index is 1040. The molecule has 0 bridgehead atoms. The van der Waals surface area contributed by atoms with E-state index in [-0.39, 0.29) is 24.1 Å². The van der Waals surface area contributed by atoms with Crippen LogP contribution in [-0.4, -0.2) is 16.8 Å². The Balaban J connectivity index is 1.61. The van der Waals surface area contributed by atoms with E-state index in [9.17, 15) is 14.0 Å². The summed E-state index contributed by atoms with van der Waals surface area (Å²) in [5.41, 5.74) is 4.22. The number of amides is 2. The Morgan fingerprint density at radius 1 is 1.07 bits per heavy atom. The zero-order valence-corrected chi connectivity index (χ0v) is 17.3. The van der Waals surface area contributed by atoms with Gasteiger partial charge in [0, 0.05) is 12.2 Å². The van der Waals surface area contributed by atoms with Crippen LogP contribution in [0.25, 0.3) is 0 Å². The maximum atomic E-state index is 13.0. The molecule has 0 fully saturated rings. The van der Waals surface area contributed by atoms with Crippen LogP contribution >= 0.6 is 11.3 Å². The Morgan fingerprint density at radius 3 is 2.52 bits per heavy atom. The van der Waals surface area contributed by atoms with E-state index in [1.165, 1.54) is 23.5 Å². The van der Waals surface area contributed by atoms with Crippen LogP contribution in [0.4, 0.5) is 10.1 Å². The van der Waals surface area contributed by atoms with Crippen molar-refractivity contribution in [3.05, 3.63) is 80.6 Å². The lowest BCUT2D eigenvalue weighted by Crippen LogP contribution is -2.22. The topological polar surface area (TPSA) is 71.1 Å². The van der Waals surface area contributed by atoms with Crippen LogP contribution in [-0.2, 0) is 17.8 Å². The minimum Gasteiger partial charge on any atom is -0.347 e. The average Bonchev–Trinajstić information content (AvgIpc) is 3.04. The molecule has 0 radical (unpaired) electrons. The van der Waals surface area contributed by atoms with Gasteiger partial charge in [0.25, 0.3) is 5.91 Å². The van der Waals surface area contributed by atoms with Crippen molar-refractivity contribution in [2.75, 3.05) is 5.32 Å². The third kappa shape index (κ3) is 5.48. The van der Waals surface area contributed by atoms with Gasteiger partial charge in [-0.25, -0.2) is 9.37 Å².